The number of esters is 2. The van der Waals surface area contributed by atoms with Crippen molar-refractivity contribution in [1.82, 2.24) is 5.32 Å². The average molecular weight is 353 g/mol. The van der Waals surface area contributed by atoms with E-state index >= 15 is 0 Å². The SMILES string of the molecule is CC(C)OC(=O)/C=C/C(=O)OC[C@@H](NC(=O)C1CCCCC1)C(C)C. The maximum Gasteiger partial charge on any atom is 0.331 e. The van der Waals surface area contributed by atoms with Crippen LogP contribution in [0, 0.1) is 11.8 Å². The van der Waals surface area contributed by atoms with E-state index in [2.05, 4.69) is 5.32 Å². The Labute approximate surface area is 150 Å². The Balaban J connectivity index is 2.44. The van der Waals surface area contributed by atoms with Gasteiger partial charge < -0.3 is 14.8 Å². The number of carbonyl (C=O) groups excluding carboxylic acids is 3. The molecule has 1 saturated carbocycles. The highest BCUT2D eigenvalue weighted by Gasteiger charge is 2.25. The third kappa shape index (κ3) is 8.70. The van der Waals surface area contributed by atoms with Crippen molar-refractivity contribution >= 4 is 17.8 Å². The van der Waals surface area contributed by atoms with Crippen molar-refractivity contribution in [2.75, 3.05) is 6.61 Å². The molecular weight excluding hydrogens is 322 g/mol. The van der Waals surface area contributed by atoms with E-state index in [1.54, 1.807) is 13.8 Å². The van der Waals surface area contributed by atoms with Crippen LogP contribution in [0.25, 0.3) is 0 Å². The summed E-state index contributed by atoms with van der Waals surface area (Å²) in [7, 11) is 0. The van der Waals surface area contributed by atoms with Gasteiger partial charge in [0.05, 0.1) is 12.1 Å². The molecule has 1 fully saturated rings. The highest BCUT2D eigenvalue weighted by molar-refractivity contribution is 5.91. The van der Waals surface area contributed by atoms with Crippen LogP contribution >= 0.6 is 0 Å². The normalized spacial score (nSPS) is 16.9. The second kappa shape index (κ2) is 10.9. The van der Waals surface area contributed by atoms with Crippen LogP contribution in [0.3, 0.4) is 0 Å². The summed E-state index contributed by atoms with van der Waals surface area (Å²) in [5.41, 5.74) is 0. The molecule has 0 aromatic rings. The molecular formula is C19H31NO5. The Morgan fingerprint density at radius 3 is 2.16 bits per heavy atom. The molecule has 0 radical (unpaired) electrons. The first-order valence-electron chi connectivity index (χ1n) is 9.15. The van der Waals surface area contributed by atoms with Crippen LogP contribution < -0.4 is 5.32 Å². The second-order valence-electron chi connectivity index (χ2n) is 7.14. The summed E-state index contributed by atoms with van der Waals surface area (Å²) in [6.45, 7) is 7.47. The number of carbonyl (C=O) groups is 3. The quantitative estimate of drug-likeness (QED) is 0.536. The molecule has 1 atom stereocenters. The van der Waals surface area contributed by atoms with Gasteiger partial charge in [0, 0.05) is 18.1 Å². The summed E-state index contributed by atoms with van der Waals surface area (Å²) in [6.07, 6.45) is 7.09. The van der Waals surface area contributed by atoms with E-state index in [9.17, 15) is 14.4 Å². The summed E-state index contributed by atoms with van der Waals surface area (Å²) in [4.78, 5) is 35.4. The molecule has 1 rings (SSSR count). The lowest BCUT2D eigenvalue weighted by molar-refractivity contribution is -0.143. The van der Waals surface area contributed by atoms with Gasteiger partial charge in [-0.25, -0.2) is 9.59 Å². The van der Waals surface area contributed by atoms with Crippen LogP contribution in [0.1, 0.15) is 59.8 Å². The largest absolute Gasteiger partial charge is 0.460 e. The molecule has 1 aliphatic rings. The predicted octanol–water partition coefficient (Wildman–Crippen LogP) is 2.76. The number of ether oxygens (including phenoxy) is 2. The van der Waals surface area contributed by atoms with Gasteiger partial charge in [0.25, 0.3) is 0 Å². The first kappa shape index (κ1) is 21.2. The summed E-state index contributed by atoms with van der Waals surface area (Å²) < 4.78 is 10.1. The Hall–Kier alpha value is -1.85. The van der Waals surface area contributed by atoms with Crippen molar-refractivity contribution in [1.29, 1.82) is 0 Å². The lowest BCUT2D eigenvalue weighted by Gasteiger charge is -2.26. The van der Waals surface area contributed by atoms with Crippen molar-refractivity contribution < 1.29 is 23.9 Å². The molecule has 0 saturated heterocycles. The van der Waals surface area contributed by atoms with Crippen molar-refractivity contribution in [2.24, 2.45) is 11.8 Å². The predicted molar refractivity (Wildman–Crippen MR) is 94.7 cm³/mol. The molecule has 0 aromatic carbocycles. The highest BCUT2D eigenvalue weighted by Crippen LogP contribution is 2.24. The molecule has 25 heavy (non-hydrogen) atoms. The zero-order valence-electron chi connectivity index (χ0n) is 15.7. The summed E-state index contributed by atoms with van der Waals surface area (Å²) in [5, 5.41) is 3.00. The molecule has 0 heterocycles. The molecule has 0 spiro atoms. The number of hydrogen-bond acceptors (Lipinski definition) is 5. The minimum Gasteiger partial charge on any atom is -0.460 e. The Morgan fingerprint density at radius 2 is 1.60 bits per heavy atom. The fourth-order valence-electron chi connectivity index (χ4n) is 2.69. The molecule has 0 unspecified atom stereocenters. The highest BCUT2D eigenvalue weighted by atomic mass is 16.5. The average Bonchev–Trinajstić information content (AvgIpc) is 2.56. The monoisotopic (exact) mass is 353 g/mol. The molecule has 1 N–H and O–H groups in total. The number of nitrogens with one attached hydrogen (secondary N) is 1. The van der Waals surface area contributed by atoms with Gasteiger partial charge >= 0.3 is 11.9 Å². The Morgan fingerprint density at radius 1 is 1.00 bits per heavy atom. The standard InChI is InChI=1S/C19H31NO5/c1-13(2)16(20-19(23)15-8-6-5-7-9-15)12-24-17(21)10-11-18(22)25-14(3)4/h10-11,13-16H,5-9,12H2,1-4H3,(H,20,23)/b11-10+/t16-/m1/s1. The van der Waals surface area contributed by atoms with Crippen molar-refractivity contribution in [3.8, 4) is 0 Å². The van der Waals surface area contributed by atoms with Gasteiger partial charge in [-0.3, -0.25) is 4.79 Å². The van der Waals surface area contributed by atoms with Gasteiger partial charge in [0.2, 0.25) is 5.91 Å². The molecule has 0 bridgehead atoms. The van der Waals surface area contributed by atoms with E-state index in [4.69, 9.17) is 9.47 Å². The summed E-state index contributed by atoms with van der Waals surface area (Å²) in [6, 6.07) is -0.241. The van der Waals surface area contributed by atoms with Crippen molar-refractivity contribution in [2.45, 2.75) is 71.9 Å². The van der Waals surface area contributed by atoms with E-state index in [0.29, 0.717) is 0 Å². The number of rotatable bonds is 8. The third-order valence-electron chi connectivity index (χ3n) is 4.22. The minimum absolute atomic E-state index is 0.0468. The lowest BCUT2D eigenvalue weighted by atomic mass is 9.88. The smallest absolute Gasteiger partial charge is 0.331 e. The molecule has 0 aromatic heterocycles. The molecule has 142 valence electrons. The van der Waals surface area contributed by atoms with Crippen LogP contribution in [0.2, 0.25) is 0 Å². The third-order valence-corrected chi connectivity index (χ3v) is 4.22. The molecule has 1 amide bonds. The molecule has 0 aliphatic heterocycles. The van der Waals surface area contributed by atoms with Crippen molar-refractivity contribution in [3.63, 3.8) is 0 Å². The topological polar surface area (TPSA) is 81.7 Å². The van der Waals surface area contributed by atoms with Gasteiger partial charge in [-0.05, 0) is 32.6 Å². The number of hydrogen-bond donors (Lipinski definition) is 1. The van der Waals surface area contributed by atoms with Gasteiger partial charge in [0.15, 0.2) is 0 Å². The molecule has 6 nitrogen and oxygen atoms in total. The molecule has 6 heteroatoms. The second-order valence-corrected chi connectivity index (χ2v) is 7.14. The van der Waals surface area contributed by atoms with Crippen LogP contribution in [-0.2, 0) is 23.9 Å². The van der Waals surface area contributed by atoms with Gasteiger partial charge in [-0.15, -0.1) is 0 Å². The minimum atomic E-state index is -0.627. The first-order chi connectivity index (χ1) is 11.8. The van der Waals surface area contributed by atoms with E-state index in [-0.39, 0.29) is 36.5 Å². The van der Waals surface area contributed by atoms with Crippen LogP contribution in [0.4, 0.5) is 0 Å². The Bertz CT molecular complexity index is 478. The lowest BCUT2D eigenvalue weighted by Crippen LogP contribution is -2.45. The van der Waals surface area contributed by atoms with Gasteiger partial charge in [-0.1, -0.05) is 33.1 Å². The van der Waals surface area contributed by atoms with E-state index in [0.717, 1.165) is 37.8 Å². The maximum atomic E-state index is 12.3. The Kier molecular flexibility index (Phi) is 9.24. The van der Waals surface area contributed by atoms with Gasteiger partial charge in [-0.2, -0.15) is 0 Å². The summed E-state index contributed by atoms with van der Waals surface area (Å²) >= 11 is 0. The summed E-state index contributed by atoms with van der Waals surface area (Å²) in [5.74, 6) is -0.964. The van der Waals surface area contributed by atoms with Crippen LogP contribution in [0.5, 0.6) is 0 Å². The van der Waals surface area contributed by atoms with E-state index in [1.165, 1.54) is 6.42 Å². The fraction of sp³-hybridized carbons (Fsp3) is 0.737. The van der Waals surface area contributed by atoms with Crippen molar-refractivity contribution in [3.05, 3.63) is 12.2 Å². The van der Waals surface area contributed by atoms with Crippen LogP contribution in [0.15, 0.2) is 12.2 Å². The van der Waals surface area contributed by atoms with E-state index in [1.807, 2.05) is 13.8 Å². The fourth-order valence-corrected chi connectivity index (χ4v) is 2.69. The van der Waals surface area contributed by atoms with E-state index < -0.39 is 11.9 Å². The number of amides is 1. The maximum absolute atomic E-state index is 12.3. The van der Waals surface area contributed by atoms with Gasteiger partial charge in [0.1, 0.15) is 6.61 Å². The zero-order valence-corrected chi connectivity index (χ0v) is 15.7. The first-order valence-corrected chi connectivity index (χ1v) is 9.15. The molecule has 1 aliphatic carbocycles. The zero-order chi connectivity index (χ0) is 18.8. The van der Waals surface area contributed by atoms with Crippen LogP contribution in [-0.4, -0.2) is 36.6 Å².